The summed E-state index contributed by atoms with van der Waals surface area (Å²) < 4.78 is 18.6. The summed E-state index contributed by atoms with van der Waals surface area (Å²) in [6.07, 6.45) is 1.31. The van der Waals surface area contributed by atoms with Crippen molar-refractivity contribution in [3.05, 3.63) is 81.8 Å². The highest BCUT2D eigenvalue weighted by atomic mass is 35.5. The minimum Gasteiger partial charge on any atom is -0.457 e. The van der Waals surface area contributed by atoms with Crippen molar-refractivity contribution in [1.82, 2.24) is 0 Å². The number of carbonyl (C=O) groups is 1. The van der Waals surface area contributed by atoms with Gasteiger partial charge in [0, 0.05) is 16.7 Å². The summed E-state index contributed by atoms with van der Waals surface area (Å²) in [5, 5.41) is 12.5. The minimum absolute atomic E-state index is 0.175. The van der Waals surface area contributed by atoms with Crippen LogP contribution in [0.4, 0.5) is 10.1 Å². The van der Waals surface area contributed by atoms with Gasteiger partial charge in [0.25, 0.3) is 5.91 Å². The van der Waals surface area contributed by atoms with Crippen LogP contribution in [-0.2, 0) is 4.79 Å². The standard InChI is InChI=1S/C20H11Cl2FN2O2/c21-14-3-7-17(22)18(10-14)25-20(26)13(11-24)9-16-6-8-19(27-16)12-1-4-15(23)5-2-12/h1-10H,(H,25,26)/b13-9+. The molecule has 3 aromatic rings. The van der Waals surface area contributed by atoms with E-state index in [1.165, 1.54) is 30.3 Å². The summed E-state index contributed by atoms with van der Waals surface area (Å²) in [7, 11) is 0. The Bertz CT molecular complexity index is 1070. The topological polar surface area (TPSA) is 66.0 Å². The lowest BCUT2D eigenvalue weighted by molar-refractivity contribution is -0.112. The van der Waals surface area contributed by atoms with Crippen LogP contribution in [-0.4, -0.2) is 5.91 Å². The van der Waals surface area contributed by atoms with Gasteiger partial charge in [-0.1, -0.05) is 23.2 Å². The van der Waals surface area contributed by atoms with Crippen LogP contribution >= 0.6 is 23.2 Å². The summed E-state index contributed by atoms with van der Waals surface area (Å²) in [5.41, 5.74) is 0.789. The number of halogens is 3. The second kappa shape index (κ2) is 8.09. The first-order valence-corrected chi connectivity index (χ1v) is 8.46. The van der Waals surface area contributed by atoms with Crippen LogP contribution in [0.1, 0.15) is 5.76 Å². The monoisotopic (exact) mass is 400 g/mol. The smallest absolute Gasteiger partial charge is 0.266 e. The Balaban J connectivity index is 1.82. The SMILES string of the molecule is N#C/C(=C\c1ccc(-c2ccc(F)cc2)o1)C(=O)Nc1cc(Cl)ccc1Cl. The Kier molecular flexibility index (Phi) is 5.60. The molecule has 0 atom stereocenters. The van der Waals surface area contributed by atoms with Crippen molar-refractivity contribution in [2.24, 2.45) is 0 Å². The minimum atomic E-state index is -0.651. The highest BCUT2D eigenvalue weighted by Crippen LogP contribution is 2.27. The number of anilines is 1. The third kappa shape index (κ3) is 4.56. The normalized spacial score (nSPS) is 11.1. The van der Waals surface area contributed by atoms with E-state index in [2.05, 4.69) is 5.32 Å². The third-order valence-electron chi connectivity index (χ3n) is 3.58. The van der Waals surface area contributed by atoms with Crippen LogP contribution in [0.25, 0.3) is 17.4 Å². The number of benzene rings is 2. The van der Waals surface area contributed by atoms with Crippen molar-refractivity contribution in [2.75, 3.05) is 5.32 Å². The lowest BCUT2D eigenvalue weighted by atomic mass is 10.2. The van der Waals surface area contributed by atoms with Gasteiger partial charge in [-0.2, -0.15) is 5.26 Å². The summed E-state index contributed by atoms with van der Waals surface area (Å²) in [5.74, 6) is -0.218. The summed E-state index contributed by atoms with van der Waals surface area (Å²) in [6, 6.07) is 15.5. The molecule has 1 N–H and O–H groups in total. The van der Waals surface area contributed by atoms with E-state index in [1.807, 2.05) is 6.07 Å². The van der Waals surface area contributed by atoms with Crippen LogP contribution in [0.2, 0.25) is 10.0 Å². The van der Waals surface area contributed by atoms with E-state index in [0.717, 1.165) is 0 Å². The van der Waals surface area contributed by atoms with E-state index in [-0.39, 0.29) is 11.4 Å². The maximum absolute atomic E-state index is 13.0. The first kappa shape index (κ1) is 18.7. The number of nitrogens with zero attached hydrogens (tertiary/aromatic N) is 1. The molecule has 0 fully saturated rings. The summed E-state index contributed by atoms with van der Waals surface area (Å²) >= 11 is 11.9. The zero-order chi connectivity index (χ0) is 19.4. The molecule has 0 saturated carbocycles. The Hall–Kier alpha value is -3.07. The van der Waals surface area contributed by atoms with Crippen LogP contribution in [0.5, 0.6) is 0 Å². The molecule has 0 aliphatic heterocycles. The van der Waals surface area contributed by atoms with E-state index in [1.54, 1.807) is 30.3 Å². The van der Waals surface area contributed by atoms with Gasteiger partial charge >= 0.3 is 0 Å². The van der Waals surface area contributed by atoms with Gasteiger partial charge in [-0.3, -0.25) is 4.79 Å². The predicted molar refractivity (Wildman–Crippen MR) is 103 cm³/mol. The first-order valence-electron chi connectivity index (χ1n) is 7.70. The Morgan fingerprint density at radius 3 is 2.56 bits per heavy atom. The van der Waals surface area contributed by atoms with E-state index >= 15 is 0 Å². The predicted octanol–water partition coefficient (Wildman–Crippen LogP) is 5.94. The molecule has 0 aliphatic carbocycles. The summed E-state index contributed by atoms with van der Waals surface area (Å²) in [6.45, 7) is 0. The molecule has 27 heavy (non-hydrogen) atoms. The molecule has 134 valence electrons. The molecule has 2 aromatic carbocycles. The van der Waals surface area contributed by atoms with Crippen LogP contribution in [0, 0.1) is 17.1 Å². The maximum atomic E-state index is 13.0. The molecule has 3 rings (SSSR count). The molecular formula is C20H11Cl2FN2O2. The lowest BCUT2D eigenvalue weighted by Gasteiger charge is -2.06. The van der Waals surface area contributed by atoms with Gasteiger partial charge in [0.05, 0.1) is 10.7 Å². The highest BCUT2D eigenvalue weighted by Gasteiger charge is 2.13. The van der Waals surface area contributed by atoms with Gasteiger partial charge < -0.3 is 9.73 Å². The van der Waals surface area contributed by atoms with Crippen molar-refractivity contribution in [3.8, 4) is 17.4 Å². The average molecular weight is 401 g/mol. The highest BCUT2D eigenvalue weighted by molar-refractivity contribution is 6.36. The van der Waals surface area contributed by atoms with Gasteiger partial charge in [-0.15, -0.1) is 0 Å². The Morgan fingerprint density at radius 2 is 1.85 bits per heavy atom. The first-order chi connectivity index (χ1) is 13.0. The Labute approximate surface area is 164 Å². The van der Waals surface area contributed by atoms with Crippen molar-refractivity contribution >= 4 is 40.9 Å². The molecular weight excluding hydrogens is 390 g/mol. The average Bonchev–Trinajstić information content (AvgIpc) is 3.12. The van der Waals surface area contributed by atoms with Gasteiger partial charge in [0.2, 0.25) is 0 Å². The fraction of sp³-hybridized carbons (Fsp3) is 0. The number of rotatable bonds is 4. The number of furan rings is 1. The van der Waals surface area contributed by atoms with Crippen molar-refractivity contribution in [2.45, 2.75) is 0 Å². The fourth-order valence-electron chi connectivity index (χ4n) is 2.27. The molecule has 4 nitrogen and oxygen atoms in total. The van der Waals surface area contributed by atoms with Crippen LogP contribution < -0.4 is 5.32 Å². The Morgan fingerprint density at radius 1 is 1.11 bits per heavy atom. The molecule has 1 aromatic heterocycles. The zero-order valence-corrected chi connectivity index (χ0v) is 15.2. The quantitative estimate of drug-likeness (QED) is 0.435. The van der Waals surface area contributed by atoms with Gasteiger partial charge in [-0.25, -0.2) is 4.39 Å². The van der Waals surface area contributed by atoms with Crippen molar-refractivity contribution < 1.29 is 13.6 Å². The number of carbonyl (C=O) groups excluding carboxylic acids is 1. The van der Waals surface area contributed by atoms with Crippen LogP contribution in [0.15, 0.2) is 64.6 Å². The number of nitrogens with one attached hydrogen (secondary N) is 1. The molecule has 0 spiro atoms. The van der Waals surface area contributed by atoms with E-state index in [4.69, 9.17) is 27.6 Å². The second-order valence-corrected chi connectivity index (χ2v) is 6.30. The second-order valence-electron chi connectivity index (χ2n) is 5.46. The maximum Gasteiger partial charge on any atom is 0.266 e. The molecule has 0 saturated heterocycles. The van der Waals surface area contributed by atoms with Gasteiger partial charge in [0.1, 0.15) is 29.0 Å². The third-order valence-corrected chi connectivity index (χ3v) is 4.15. The number of amides is 1. The number of hydrogen-bond donors (Lipinski definition) is 1. The summed E-state index contributed by atoms with van der Waals surface area (Å²) in [4.78, 5) is 12.3. The van der Waals surface area contributed by atoms with E-state index in [9.17, 15) is 14.4 Å². The van der Waals surface area contributed by atoms with Gasteiger partial charge in [0.15, 0.2) is 0 Å². The molecule has 1 amide bonds. The molecule has 0 aliphatic rings. The van der Waals surface area contributed by atoms with E-state index < -0.39 is 5.91 Å². The van der Waals surface area contributed by atoms with Crippen LogP contribution in [0.3, 0.4) is 0 Å². The largest absolute Gasteiger partial charge is 0.457 e. The fourth-order valence-corrected chi connectivity index (χ4v) is 2.61. The lowest BCUT2D eigenvalue weighted by Crippen LogP contribution is -2.13. The molecule has 7 heteroatoms. The van der Waals surface area contributed by atoms with E-state index in [0.29, 0.717) is 32.8 Å². The molecule has 0 radical (unpaired) electrons. The van der Waals surface area contributed by atoms with Gasteiger partial charge in [-0.05, 0) is 54.6 Å². The zero-order valence-electron chi connectivity index (χ0n) is 13.7. The molecule has 0 bridgehead atoms. The van der Waals surface area contributed by atoms with Crippen molar-refractivity contribution in [3.63, 3.8) is 0 Å². The number of hydrogen-bond acceptors (Lipinski definition) is 3. The number of nitriles is 1. The molecule has 1 heterocycles. The molecule has 0 unspecified atom stereocenters. The van der Waals surface area contributed by atoms with Crippen molar-refractivity contribution in [1.29, 1.82) is 5.26 Å².